The normalized spacial score (nSPS) is 15.8. The van der Waals surface area contributed by atoms with Crippen LogP contribution in [0.3, 0.4) is 0 Å². The van der Waals surface area contributed by atoms with E-state index in [1.54, 1.807) is 0 Å². The molecule has 0 amide bonds. The molecule has 1 aliphatic heterocycles. The third kappa shape index (κ3) is 3.74. The zero-order chi connectivity index (χ0) is 20.5. The Morgan fingerprint density at radius 3 is 2.53 bits per heavy atom. The summed E-state index contributed by atoms with van der Waals surface area (Å²) in [7, 11) is 2.17. The third-order valence-corrected chi connectivity index (χ3v) is 5.94. The Balaban J connectivity index is 1.50. The smallest absolute Gasteiger partial charge is 0.226 e. The van der Waals surface area contributed by atoms with Crippen molar-refractivity contribution >= 4 is 33.4 Å². The van der Waals surface area contributed by atoms with Crippen molar-refractivity contribution < 1.29 is 4.74 Å². The van der Waals surface area contributed by atoms with Crippen LogP contribution in [0, 0.1) is 0 Å². The molecule has 2 aromatic heterocycles. The minimum absolute atomic E-state index is 0.602. The highest BCUT2D eigenvalue weighted by Gasteiger charge is 2.18. The van der Waals surface area contributed by atoms with E-state index in [9.17, 15) is 0 Å². The van der Waals surface area contributed by atoms with Crippen molar-refractivity contribution in [3.05, 3.63) is 59.8 Å². The SMILES string of the molecule is CN1CCN(CCOc2c3cnc4ccccc4c3nn2-c2ccc(Cl)cc2)CC1. The number of likely N-dealkylation sites (N-methyl/N-ethyl adjacent to an activating group) is 1. The summed E-state index contributed by atoms with van der Waals surface area (Å²) in [5.74, 6) is 0.722. The largest absolute Gasteiger partial charge is 0.476 e. The highest BCUT2D eigenvalue weighted by atomic mass is 35.5. The van der Waals surface area contributed by atoms with Crippen LogP contribution in [-0.2, 0) is 0 Å². The van der Waals surface area contributed by atoms with Crippen LogP contribution < -0.4 is 4.74 Å². The lowest BCUT2D eigenvalue weighted by atomic mass is 10.2. The number of benzene rings is 2. The first-order valence-electron chi connectivity index (χ1n) is 10.3. The number of halogens is 1. The molecule has 0 N–H and O–H groups in total. The van der Waals surface area contributed by atoms with Crippen LogP contribution in [0.1, 0.15) is 0 Å². The van der Waals surface area contributed by atoms with Crippen molar-refractivity contribution in [2.75, 3.05) is 46.4 Å². The zero-order valence-corrected chi connectivity index (χ0v) is 17.7. The summed E-state index contributed by atoms with van der Waals surface area (Å²) in [5, 5.41) is 7.54. The van der Waals surface area contributed by atoms with Crippen LogP contribution in [0.25, 0.3) is 27.5 Å². The molecule has 4 aromatic rings. The lowest BCUT2D eigenvalue weighted by Gasteiger charge is -2.32. The van der Waals surface area contributed by atoms with Gasteiger partial charge in [0.05, 0.1) is 16.6 Å². The van der Waals surface area contributed by atoms with E-state index in [2.05, 4.69) is 27.9 Å². The molecule has 0 atom stereocenters. The molecule has 154 valence electrons. The Hall–Kier alpha value is -2.67. The predicted molar refractivity (Wildman–Crippen MR) is 121 cm³/mol. The molecular formula is C23H24ClN5O. The molecular weight excluding hydrogens is 398 g/mol. The van der Waals surface area contributed by atoms with Gasteiger partial charge in [0.25, 0.3) is 0 Å². The van der Waals surface area contributed by atoms with Gasteiger partial charge in [-0.25, -0.2) is 0 Å². The van der Waals surface area contributed by atoms with E-state index < -0.39 is 0 Å². The standard InChI is InChI=1S/C23H24ClN5O/c1-27-10-12-28(13-11-27)14-15-30-23-20-16-25-21-5-3-2-4-19(21)22(20)26-29(23)18-8-6-17(24)7-9-18/h2-9,16H,10-15H2,1H3. The molecule has 1 saturated heterocycles. The van der Waals surface area contributed by atoms with Crippen molar-refractivity contribution in [1.29, 1.82) is 0 Å². The van der Waals surface area contributed by atoms with E-state index in [4.69, 9.17) is 21.4 Å². The van der Waals surface area contributed by atoms with Gasteiger partial charge in [-0.1, -0.05) is 29.8 Å². The molecule has 30 heavy (non-hydrogen) atoms. The fourth-order valence-corrected chi connectivity index (χ4v) is 4.02. The summed E-state index contributed by atoms with van der Waals surface area (Å²) >= 11 is 6.10. The summed E-state index contributed by atoms with van der Waals surface area (Å²) in [4.78, 5) is 9.43. The average molecular weight is 422 g/mol. The summed E-state index contributed by atoms with van der Waals surface area (Å²) < 4.78 is 8.19. The number of piperazine rings is 1. The quantitative estimate of drug-likeness (QED) is 0.489. The monoisotopic (exact) mass is 421 g/mol. The molecule has 7 heteroatoms. The van der Waals surface area contributed by atoms with E-state index in [1.807, 2.05) is 53.3 Å². The number of hydrogen-bond donors (Lipinski definition) is 0. The lowest BCUT2D eigenvalue weighted by molar-refractivity contribution is 0.132. The topological polar surface area (TPSA) is 46.4 Å². The summed E-state index contributed by atoms with van der Waals surface area (Å²) in [6.45, 7) is 5.84. The van der Waals surface area contributed by atoms with Gasteiger partial charge in [0, 0.05) is 49.3 Å². The Labute approximate surface area is 180 Å². The molecule has 0 spiro atoms. The Morgan fingerprint density at radius 2 is 1.73 bits per heavy atom. The molecule has 0 bridgehead atoms. The van der Waals surface area contributed by atoms with Gasteiger partial charge in [0.15, 0.2) is 0 Å². The lowest BCUT2D eigenvalue weighted by Crippen LogP contribution is -2.45. The van der Waals surface area contributed by atoms with Crippen LogP contribution in [0.15, 0.2) is 54.7 Å². The van der Waals surface area contributed by atoms with Gasteiger partial charge in [-0.05, 0) is 37.4 Å². The van der Waals surface area contributed by atoms with E-state index in [-0.39, 0.29) is 0 Å². The van der Waals surface area contributed by atoms with Crippen molar-refractivity contribution in [1.82, 2.24) is 24.6 Å². The van der Waals surface area contributed by atoms with Gasteiger partial charge in [-0.15, -0.1) is 0 Å². The zero-order valence-electron chi connectivity index (χ0n) is 17.0. The molecule has 6 nitrogen and oxygen atoms in total. The van der Waals surface area contributed by atoms with Gasteiger partial charge in [-0.3, -0.25) is 9.88 Å². The first-order chi connectivity index (χ1) is 14.7. The molecule has 0 unspecified atom stereocenters. The van der Waals surface area contributed by atoms with E-state index in [0.29, 0.717) is 11.6 Å². The summed E-state index contributed by atoms with van der Waals surface area (Å²) in [6, 6.07) is 15.7. The molecule has 0 saturated carbocycles. The van der Waals surface area contributed by atoms with Crippen LogP contribution in [0.2, 0.25) is 5.02 Å². The molecule has 5 rings (SSSR count). The minimum Gasteiger partial charge on any atom is -0.476 e. The van der Waals surface area contributed by atoms with Gasteiger partial charge in [-0.2, -0.15) is 9.78 Å². The minimum atomic E-state index is 0.602. The number of pyridine rings is 1. The van der Waals surface area contributed by atoms with Crippen molar-refractivity contribution in [2.45, 2.75) is 0 Å². The number of nitrogens with zero attached hydrogens (tertiary/aromatic N) is 5. The maximum Gasteiger partial charge on any atom is 0.226 e. The fraction of sp³-hybridized carbons (Fsp3) is 0.304. The Kier molecular flexibility index (Phi) is 5.29. The first kappa shape index (κ1) is 19.3. The van der Waals surface area contributed by atoms with Gasteiger partial charge < -0.3 is 9.64 Å². The molecule has 1 aliphatic rings. The molecule has 3 heterocycles. The summed E-state index contributed by atoms with van der Waals surface area (Å²) in [6.07, 6.45) is 1.86. The maximum atomic E-state index is 6.33. The highest BCUT2D eigenvalue weighted by Crippen LogP contribution is 2.32. The van der Waals surface area contributed by atoms with Crippen molar-refractivity contribution in [3.8, 4) is 11.6 Å². The van der Waals surface area contributed by atoms with Crippen LogP contribution >= 0.6 is 11.6 Å². The second-order valence-corrected chi connectivity index (χ2v) is 8.16. The summed E-state index contributed by atoms with van der Waals surface area (Å²) in [5.41, 5.74) is 2.73. The van der Waals surface area contributed by atoms with Gasteiger partial charge in [0.2, 0.25) is 5.88 Å². The van der Waals surface area contributed by atoms with E-state index >= 15 is 0 Å². The van der Waals surface area contributed by atoms with Crippen molar-refractivity contribution in [3.63, 3.8) is 0 Å². The highest BCUT2D eigenvalue weighted by molar-refractivity contribution is 6.30. The second kappa shape index (κ2) is 8.22. The number of aromatic nitrogens is 3. The number of rotatable bonds is 5. The first-order valence-corrected chi connectivity index (χ1v) is 10.6. The number of ether oxygens (including phenoxy) is 1. The van der Waals surface area contributed by atoms with Crippen molar-refractivity contribution in [2.24, 2.45) is 0 Å². The number of hydrogen-bond acceptors (Lipinski definition) is 5. The molecule has 0 radical (unpaired) electrons. The number of fused-ring (bicyclic) bond motifs is 3. The molecule has 1 fully saturated rings. The van der Waals surface area contributed by atoms with Crippen LogP contribution in [-0.4, -0.2) is 70.9 Å². The van der Waals surface area contributed by atoms with E-state index in [0.717, 1.165) is 66.1 Å². The third-order valence-electron chi connectivity index (χ3n) is 5.68. The predicted octanol–water partition coefficient (Wildman–Crippen LogP) is 3.85. The fourth-order valence-electron chi connectivity index (χ4n) is 3.89. The maximum absolute atomic E-state index is 6.33. The average Bonchev–Trinajstić information content (AvgIpc) is 3.15. The Morgan fingerprint density at radius 1 is 0.967 bits per heavy atom. The van der Waals surface area contributed by atoms with Gasteiger partial charge in [0.1, 0.15) is 12.1 Å². The molecule has 2 aromatic carbocycles. The van der Waals surface area contributed by atoms with Crippen LogP contribution in [0.5, 0.6) is 5.88 Å². The van der Waals surface area contributed by atoms with Crippen LogP contribution in [0.4, 0.5) is 0 Å². The Bertz CT molecular complexity index is 1170. The molecule has 0 aliphatic carbocycles. The second-order valence-electron chi connectivity index (χ2n) is 7.72. The van der Waals surface area contributed by atoms with E-state index in [1.165, 1.54) is 0 Å². The number of para-hydroxylation sites is 1. The van der Waals surface area contributed by atoms with Gasteiger partial charge >= 0.3 is 0 Å².